The fourth-order valence-electron chi connectivity index (χ4n) is 19.7. The quantitative estimate of drug-likeness (QED) is 0.126. The molecule has 0 aromatic heterocycles. The molecule has 104 heavy (non-hydrogen) atoms. The van der Waals surface area contributed by atoms with Crippen molar-refractivity contribution in [2.24, 2.45) is 11.8 Å². The second-order valence-corrected chi connectivity index (χ2v) is 32.2. The third-order valence-corrected chi connectivity index (χ3v) is 25.2. The Bertz CT molecular complexity index is 5580. The van der Waals surface area contributed by atoms with E-state index < -0.39 is 0 Å². The molecule has 4 nitrogen and oxygen atoms in total. The molecule has 6 heterocycles. The van der Waals surface area contributed by atoms with Gasteiger partial charge in [0.2, 0.25) is 6.71 Å². The van der Waals surface area contributed by atoms with E-state index in [1.54, 1.807) is 0 Å². The largest absolute Gasteiger partial charge is 0.365 e. The van der Waals surface area contributed by atoms with Crippen molar-refractivity contribution < 1.29 is 0 Å². The Morgan fingerprint density at radius 1 is 0.288 bits per heavy atom. The number of hydrogen-bond donors (Lipinski definition) is 0. The Labute approximate surface area is 616 Å². The van der Waals surface area contributed by atoms with E-state index in [2.05, 4.69) is 362 Å². The molecule has 496 valence electrons. The van der Waals surface area contributed by atoms with Crippen LogP contribution in [0.4, 0.5) is 56.9 Å². The molecular formula is C97H76B2N4S. The Morgan fingerprint density at radius 3 is 1.12 bits per heavy atom. The third-order valence-electron chi connectivity index (χ3n) is 24.0. The van der Waals surface area contributed by atoms with E-state index in [0.29, 0.717) is 12.1 Å². The zero-order chi connectivity index (χ0) is 68.9. The second-order valence-electron chi connectivity index (χ2n) is 31.1. The normalized spacial score (nSPS) is 17.6. The van der Waals surface area contributed by atoms with E-state index in [1.807, 2.05) is 11.8 Å². The molecule has 4 bridgehead atoms. The number of para-hydroxylation sites is 3. The first-order chi connectivity index (χ1) is 51.2. The van der Waals surface area contributed by atoms with Gasteiger partial charge in [-0.3, -0.25) is 0 Å². The lowest BCUT2D eigenvalue weighted by atomic mass is 9.31. The van der Waals surface area contributed by atoms with Gasteiger partial charge in [0, 0.05) is 89.6 Å². The highest BCUT2D eigenvalue weighted by atomic mass is 32.2. The predicted molar refractivity (Wildman–Crippen MR) is 442 cm³/mol. The summed E-state index contributed by atoms with van der Waals surface area (Å²) in [5.41, 5.74) is 35.7. The van der Waals surface area contributed by atoms with Crippen molar-refractivity contribution in [3.63, 3.8) is 0 Å². The smallest absolute Gasteiger partial charge is 0.252 e. The highest BCUT2D eigenvalue weighted by Gasteiger charge is 2.51. The summed E-state index contributed by atoms with van der Waals surface area (Å²) < 4.78 is 0. The van der Waals surface area contributed by atoms with Crippen LogP contribution in [-0.4, -0.2) is 25.5 Å². The van der Waals surface area contributed by atoms with Crippen LogP contribution in [-0.2, 0) is 5.41 Å². The molecule has 14 aromatic rings. The first-order valence-corrected chi connectivity index (χ1v) is 38.3. The fraction of sp³-hybridized carbons (Fsp3) is 0.134. The van der Waals surface area contributed by atoms with Crippen LogP contribution in [0.3, 0.4) is 0 Å². The number of nitrogens with zero attached hydrogens (tertiary/aromatic N) is 4. The van der Waals surface area contributed by atoms with Crippen LogP contribution in [0.2, 0.25) is 0 Å². The molecule has 2 aliphatic carbocycles. The average Bonchev–Trinajstić information content (AvgIpc) is 0.687. The van der Waals surface area contributed by atoms with Gasteiger partial charge in [-0.2, -0.15) is 0 Å². The molecule has 0 atom stereocenters. The summed E-state index contributed by atoms with van der Waals surface area (Å²) in [4.78, 5) is 13.7. The number of anilines is 10. The predicted octanol–water partition coefficient (Wildman–Crippen LogP) is 21.6. The molecule has 2 saturated heterocycles. The summed E-state index contributed by atoms with van der Waals surface area (Å²) in [6, 6.07) is 124. The van der Waals surface area contributed by atoms with E-state index in [9.17, 15) is 0 Å². The lowest BCUT2D eigenvalue weighted by Gasteiger charge is -2.58. The Balaban J connectivity index is 0.838. The van der Waals surface area contributed by atoms with Crippen molar-refractivity contribution in [2.75, 3.05) is 19.6 Å². The summed E-state index contributed by atoms with van der Waals surface area (Å²) in [5.74, 6) is 1.62. The van der Waals surface area contributed by atoms with E-state index in [4.69, 9.17) is 0 Å². The lowest BCUT2D eigenvalue weighted by molar-refractivity contribution is 0.0900. The van der Waals surface area contributed by atoms with Crippen molar-refractivity contribution in [3.8, 4) is 66.8 Å². The van der Waals surface area contributed by atoms with Crippen molar-refractivity contribution in [2.45, 2.75) is 80.2 Å². The van der Waals surface area contributed by atoms with Crippen LogP contribution in [0.5, 0.6) is 0 Å². The van der Waals surface area contributed by atoms with Crippen molar-refractivity contribution in [3.05, 3.63) is 327 Å². The lowest BCUT2D eigenvalue weighted by Crippen LogP contribution is -2.64. The molecule has 8 aliphatic rings. The summed E-state index contributed by atoms with van der Waals surface area (Å²) in [6.07, 6.45) is 6.47. The minimum Gasteiger partial charge on any atom is -0.365 e. The number of rotatable bonds is 10. The van der Waals surface area contributed by atoms with Gasteiger partial charge in [0.15, 0.2) is 0 Å². The maximum absolute atomic E-state index is 2.95. The summed E-state index contributed by atoms with van der Waals surface area (Å²) in [5, 5.41) is 0. The average molecular weight is 1350 g/mol. The zero-order valence-corrected chi connectivity index (χ0v) is 59.6. The molecule has 0 radical (unpaired) electrons. The first kappa shape index (κ1) is 61.4. The third kappa shape index (κ3) is 9.83. The number of fused-ring (bicyclic) bond motifs is 8. The van der Waals surface area contributed by atoms with E-state index in [1.165, 1.54) is 198 Å². The van der Waals surface area contributed by atoms with Crippen molar-refractivity contribution >= 4 is 115 Å². The molecule has 0 spiro atoms. The van der Waals surface area contributed by atoms with Gasteiger partial charge in [0.1, 0.15) is 0 Å². The molecule has 2 saturated carbocycles. The van der Waals surface area contributed by atoms with Crippen LogP contribution in [0.1, 0.15) is 58.4 Å². The van der Waals surface area contributed by atoms with Crippen molar-refractivity contribution in [1.82, 2.24) is 0 Å². The van der Waals surface area contributed by atoms with Crippen LogP contribution >= 0.6 is 11.8 Å². The minimum atomic E-state index is -0.172. The Morgan fingerprint density at radius 2 is 0.673 bits per heavy atom. The topological polar surface area (TPSA) is 13.0 Å². The summed E-state index contributed by atoms with van der Waals surface area (Å²) >= 11 is 1.98. The second kappa shape index (κ2) is 24.2. The highest BCUT2D eigenvalue weighted by Crippen LogP contribution is 2.57. The molecule has 6 aliphatic heterocycles. The maximum atomic E-state index is 2.95. The Hall–Kier alpha value is -11.2. The molecule has 0 amide bonds. The highest BCUT2D eigenvalue weighted by molar-refractivity contribution is 8.00. The van der Waals surface area contributed by atoms with Gasteiger partial charge in [-0.1, -0.05) is 281 Å². The zero-order valence-electron chi connectivity index (χ0n) is 58.8. The summed E-state index contributed by atoms with van der Waals surface area (Å²) in [7, 11) is 0. The van der Waals surface area contributed by atoms with Crippen LogP contribution in [0.15, 0.2) is 331 Å². The first-order valence-electron chi connectivity index (χ1n) is 37.5. The van der Waals surface area contributed by atoms with Gasteiger partial charge in [-0.05, 0) is 206 Å². The van der Waals surface area contributed by atoms with Gasteiger partial charge in [-0.25, -0.2) is 0 Å². The number of piperidine rings is 2. The molecule has 4 fully saturated rings. The van der Waals surface area contributed by atoms with Gasteiger partial charge in [0.25, 0.3) is 6.71 Å². The maximum Gasteiger partial charge on any atom is 0.252 e. The molecule has 14 aromatic carbocycles. The van der Waals surface area contributed by atoms with E-state index >= 15 is 0 Å². The molecular weight excluding hydrogens is 1270 g/mol. The number of benzene rings is 14. The van der Waals surface area contributed by atoms with Gasteiger partial charge < -0.3 is 19.6 Å². The van der Waals surface area contributed by atoms with Gasteiger partial charge in [-0.15, -0.1) is 0 Å². The van der Waals surface area contributed by atoms with Gasteiger partial charge in [0.05, 0.1) is 11.4 Å². The van der Waals surface area contributed by atoms with Gasteiger partial charge >= 0.3 is 0 Å². The molecule has 22 rings (SSSR count). The SMILES string of the molecule is CC(C)(C)c1cc2c3c(c1)N(c1c(-c4ccccc4)cc(-c4ccccc4)cc1-c1ccccc1)c1ccccc1B3c1cc3c(cc1S2)N(c1ccccc1)c1cc(N2C4CC5CC(C4)CC2C5)cc2c1B3c1ccccc1N2c1c(-c2ccccc2)cc(-c2ccccc2)cc1-c1ccccc1. The van der Waals surface area contributed by atoms with Crippen LogP contribution < -0.4 is 52.4 Å². The number of hydrogen-bond acceptors (Lipinski definition) is 5. The van der Waals surface area contributed by atoms with E-state index in [-0.39, 0.29) is 18.8 Å². The minimum absolute atomic E-state index is 0.0922. The Kier molecular flexibility index (Phi) is 14.3. The molecule has 0 N–H and O–H groups in total. The van der Waals surface area contributed by atoms with Crippen LogP contribution in [0.25, 0.3) is 66.8 Å². The molecule has 7 heteroatoms. The monoisotopic (exact) mass is 1350 g/mol. The van der Waals surface area contributed by atoms with Crippen molar-refractivity contribution in [1.29, 1.82) is 0 Å². The van der Waals surface area contributed by atoms with Crippen LogP contribution in [0, 0.1) is 11.8 Å². The fourth-order valence-corrected chi connectivity index (χ4v) is 20.9. The standard InChI is InChI=1S/C97H76B2N4S/c1-97(2,3)72-56-88-94-92(57-72)104-91-61-87-83(60-84(91)99(94)82-44-26-28-46-86(82)102(88)95-77(66-33-15-6-16-34-66)52-70(64-29-11-4-12-30-64)53-78(95)67-35-17-7-18-36-67)98-81-43-25-27-45-85(81)103(96-79(68-37-19-8-20-38-68)54-71(65-31-13-5-14-32-65)55-80(96)69-39-21-9-22-40-69)90-59-76(100-74-48-62-47-63(50-74)51-75(100)49-62)58-89(93(90)98)101(87)73-41-23-10-24-42-73/h4-46,52-63,74-75H,47-51H2,1-3H3. The molecule has 0 unspecified atom stereocenters. The summed E-state index contributed by atoms with van der Waals surface area (Å²) in [6.45, 7) is 6.95. The van der Waals surface area contributed by atoms with E-state index in [0.717, 1.165) is 17.5 Å².